The van der Waals surface area contributed by atoms with Gasteiger partial charge in [-0.1, -0.05) is 0 Å². The molecular weight excluding hydrogens is 348 g/mol. The summed E-state index contributed by atoms with van der Waals surface area (Å²) in [7, 11) is 1.54. The molecular formula is C16H18N2O6S. The van der Waals surface area contributed by atoms with Crippen molar-refractivity contribution in [3.63, 3.8) is 0 Å². The summed E-state index contributed by atoms with van der Waals surface area (Å²) in [5.41, 5.74) is 0.567. The maximum Gasteiger partial charge on any atom is 0.269 e. The van der Waals surface area contributed by atoms with E-state index in [-0.39, 0.29) is 35.1 Å². The van der Waals surface area contributed by atoms with Gasteiger partial charge in [-0.2, -0.15) is 0 Å². The summed E-state index contributed by atoms with van der Waals surface area (Å²) in [5.74, 6) is -0.570. The van der Waals surface area contributed by atoms with Crippen LogP contribution in [0.3, 0.4) is 0 Å². The Balaban J connectivity index is 2.34. The largest absolute Gasteiger partial charge is 0.396 e. The highest BCUT2D eigenvalue weighted by molar-refractivity contribution is 8.04. The number of nitro groups is 1. The average Bonchev–Trinajstić information content (AvgIpc) is 2.84. The summed E-state index contributed by atoms with van der Waals surface area (Å²) in [6.07, 6.45) is 0.513. The molecule has 0 aromatic heterocycles. The van der Waals surface area contributed by atoms with E-state index in [1.165, 1.54) is 31.4 Å². The van der Waals surface area contributed by atoms with Gasteiger partial charge in [-0.15, -0.1) is 11.8 Å². The number of carbonyl (C=O) groups is 2. The van der Waals surface area contributed by atoms with Crippen LogP contribution in [-0.4, -0.2) is 59.4 Å². The Morgan fingerprint density at radius 2 is 1.92 bits per heavy atom. The van der Waals surface area contributed by atoms with E-state index in [0.717, 1.165) is 16.7 Å². The molecule has 1 N–H and O–H groups in total. The number of non-ortho nitro benzene ring substituents is 1. The van der Waals surface area contributed by atoms with Crippen molar-refractivity contribution in [3.8, 4) is 0 Å². The third kappa shape index (κ3) is 4.25. The molecule has 1 aliphatic rings. The van der Waals surface area contributed by atoms with Gasteiger partial charge in [-0.3, -0.25) is 24.6 Å². The smallest absolute Gasteiger partial charge is 0.269 e. The van der Waals surface area contributed by atoms with Gasteiger partial charge >= 0.3 is 0 Å². The molecule has 0 aliphatic carbocycles. The van der Waals surface area contributed by atoms with Crippen molar-refractivity contribution in [2.45, 2.75) is 6.42 Å². The molecule has 0 unspecified atom stereocenters. The molecule has 0 atom stereocenters. The highest BCUT2D eigenvalue weighted by atomic mass is 32.2. The molecule has 0 radical (unpaired) electrons. The van der Waals surface area contributed by atoms with Crippen LogP contribution in [0, 0.1) is 10.1 Å². The van der Waals surface area contributed by atoms with Crippen LogP contribution in [0.15, 0.2) is 29.2 Å². The first-order chi connectivity index (χ1) is 12.0. The number of rotatable bonds is 9. The first-order valence-corrected chi connectivity index (χ1v) is 8.57. The van der Waals surface area contributed by atoms with E-state index in [0.29, 0.717) is 18.6 Å². The van der Waals surface area contributed by atoms with E-state index in [4.69, 9.17) is 9.84 Å². The van der Waals surface area contributed by atoms with Crippen molar-refractivity contribution in [2.75, 3.05) is 32.6 Å². The number of carbonyl (C=O) groups excluding carboxylic acids is 2. The molecule has 0 saturated heterocycles. The quantitative estimate of drug-likeness (QED) is 0.305. The fraction of sp³-hybridized carbons (Fsp3) is 0.375. The van der Waals surface area contributed by atoms with Crippen molar-refractivity contribution in [3.05, 3.63) is 44.8 Å². The number of imide groups is 1. The molecule has 0 fully saturated rings. The monoisotopic (exact) mass is 366 g/mol. The van der Waals surface area contributed by atoms with Gasteiger partial charge in [0.25, 0.3) is 17.5 Å². The van der Waals surface area contributed by atoms with Gasteiger partial charge in [-0.25, -0.2) is 0 Å². The van der Waals surface area contributed by atoms with E-state index < -0.39 is 16.7 Å². The SMILES string of the molecule is COCCCN1C(=O)C(SCCO)=C(c2ccc([N+](=O)[O-])cc2)C1=O. The zero-order valence-corrected chi connectivity index (χ0v) is 14.5. The van der Waals surface area contributed by atoms with E-state index >= 15 is 0 Å². The number of nitrogens with zero attached hydrogens (tertiary/aromatic N) is 2. The van der Waals surface area contributed by atoms with Crippen LogP contribution in [0.4, 0.5) is 5.69 Å². The standard InChI is InChI=1S/C16H18N2O6S/c1-24-9-2-7-17-15(20)13(14(16(17)21)25-10-8-19)11-3-5-12(6-4-11)18(22)23/h3-6,19H,2,7-10H2,1H3. The van der Waals surface area contributed by atoms with E-state index in [1.807, 2.05) is 0 Å². The van der Waals surface area contributed by atoms with Crippen LogP contribution >= 0.6 is 11.8 Å². The summed E-state index contributed by atoms with van der Waals surface area (Å²) in [6, 6.07) is 5.50. The summed E-state index contributed by atoms with van der Waals surface area (Å²) < 4.78 is 4.95. The van der Waals surface area contributed by atoms with Crippen molar-refractivity contribution in [2.24, 2.45) is 0 Å². The molecule has 0 spiro atoms. The van der Waals surface area contributed by atoms with Crippen molar-refractivity contribution < 1.29 is 24.4 Å². The molecule has 0 bridgehead atoms. The second kappa shape index (κ2) is 8.75. The van der Waals surface area contributed by atoms with Crippen LogP contribution in [0.5, 0.6) is 0 Å². The van der Waals surface area contributed by atoms with Gasteiger partial charge in [0.05, 0.1) is 22.0 Å². The maximum absolute atomic E-state index is 12.7. The van der Waals surface area contributed by atoms with Crippen LogP contribution in [-0.2, 0) is 14.3 Å². The zero-order valence-electron chi connectivity index (χ0n) is 13.6. The molecule has 2 amide bonds. The second-order valence-corrected chi connectivity index (χ2v) is 6.29. The minimum atomic E-state index is -0.530. The lowest BCUT2D eigenvalue weighted by Gasteiger charge is -2.14. The van der Waals surface area contributed by atoms with Gasteiger partial charge in [0, 0.05) is 38.1 Å². The molecule has 134 valence electrons. The molecule has 1 aromatic rings. The number of aliphatic hydroxyl groups excluding tert-OH is 1. The molecule has 25 heavy (non-hydrogen) atoms. The van der Waals surface area contributed by atoms with E-state index in [1.54, 1.807) is 0 Å². The molecule has 9 heteroatoms. The topological polar surface area (TPSA) is 110 Å². The predicted octanol–water partition coefficient (Wildman–Crippen LogP) is 1.44. The number of thioether (sulfide) groups is 1. The predicted molar refractivity (Wildman–Crippen MR) is 92.8 cm³/mol. The molecule has 1 heterocycles. The number of amides is 2. The minimum absolute atomic E-state index is 0.0948. The van der Waals surface area contributed by atoms with Gasteiger partial charge in [0.15, 0.2) is 0 Å². The summed E-state index contributed by atoms with van der Waals surface area (Å²) in [4.78, 5) is 36.9. The third-order valence-electron chi connectivity index (χ3n) is 3.56. The number of aliphatic hydroxyl groups is 1. The van der Waals surface area contributed by atoms with E-state index in [2.05, 4.69) is 0 Å². The lowest BCUT2D eigenvalue weighted by molar-refractivity contribution is -0.384. The van der Waals surface area contributed by atoms with Crippen LogP contribution in [0.2, 0.25) is 0 Å². The van der Waals surface area contributed by atoms with Gasteiger partial charge in [0.2, 0.25) is 0 Å². The zero-order chi connectivity index (χ0) is 18.4. The average molecular weight is 366 g/mol. The highest BCUT2D eigenvalue weighted by Gasteiger charge is 2.38. The summed E-state index contributed by atoms with van der Waals surface area (Å²) in [6.45, 7) is 0.515. The lowest BCUT2D eigenvalue weighted by Crippen LogP contribution is -2.33. The van der Waals surface area contributed by atoms with Gasteiger partial charge < -0.3 is 9.84 Å². The van der Waals surface area contributed by atoms with E-state index in [9.17, 15) is 19.7 Å². The molecule has 2 rings (SSSR count). The van der Waals surface area contributed by atoms with Crippen molar-refractivity contribution in [1.82, 2.24) is 4.90 Å². The maximum atomic E-state index is 12.7. The fourth-order valence-corrected chi connectivity index (χ4v) is 3.29. The Morgan fingerprint density at radius 3 is 2.48 bits per heavy atom. The number of nitro benzene ring substituents is 1. The second-order valence-electron chi connectivity index (χ2n) is 5.19. The van der Waals surface area contributed by atoms with Gasteiger partial charge in [-0.05, 0) is 24.1 Å². The molecule has 0 saturated carbocycles. The van der Waals surface area contributed by atoms with Crippen LogP contribution < -0.4 is 0 Å². The van der Waals surface area contributed by atoms with Crippen molar-refractivity contribution >= 4 is 34.8 Å². The molecule has 8 nitrogen and oxygen atoms in total. The van der Waals surface area contributed by atoms with Crippen LogP contribution in [0.1, 0.15) is 12.0 Å². The van der Waals surface area contributed by atoms with Gasteiger partial charge in [0.1, 0.15) is 0 Å². The minimum Gasteiger partial charge on any atom is -0.396 e. The number of hydrogen-bond donors (Lipinski definition) is 1. The fourth-order valence-electron chi connectivity index (χ4n) is 2.41. The normalized spacial score (nSPS) is 14.6. The Hall–Kier alpha value is -2.23. The third-order valence-corrected chi connectivity index (χ3v) is 4.61. The first kappa shape index (κ1) is 19.1. The molecule has 1 aromatic carbocycles. The summed E-state index contributed by atoms with van der Waals surface area (Å²) >= 11 is 1.10. The lowest BCUT2D eigenvalue weighted by atomic mass is 10.1. The Labute approximate surface area is 148 Å². The number of methoxy groups -OCH3 is 1. The Bertz CT molecular complexity index is 701. The highest BCUT2D eigenvalue weighted by Crippen LogP contribution is 2.36. The Kier molecular flexibility index (Phi) is 6.68. The Morgan fingerprint density at radius 1 is 1.24 bits per heavy atom. The molecule has 1 aliphatic heterocycles. The number of hydrogen-bond acceptors (Lipinski definition) is 7. The van der Waals surface area contributed by atoms with Crippen molar-refractivity contribution in [1.29, 1.82) is 0 Å². The first-order valence-electron chi connectivity index (χ1n) is 7.59. The van der Waals surface area contributed by atoms with Crippen LogP contribution in [0.25, 0.3) is 5.57 Å². The number of benzene rings is 1. The summed E-state index contributed by atoms with van der Waals surface area (Å²) in [5, 5.41) is 19.8. The number of ether oxygens (including phenoxy) is 1.